The van der Waals surface area contributed by atoms with E-state index in [0.717, 1.165) is 6.42 Å². The van der Waals surface area contributed by atoms with Gasteiger partial charge in [0.2, 0.25) is 0 Å². The number of carbonyl (C=O) groups is 1. The van der Waals surface area contributed by atoms with Gasteiger partial charge in [-0.3, -0.25) is 4.79 Å². The van der Waals surface area contributed by atoms with E-state index in [1.54, 1.807) is 30.1 Å². The predicted molar refractivity (Wildman–Crippen MR) is 60.0 cm³/mol. The molecular weight excluding hydrogens is 206 g/mol. The third-order valence-corrected chi connectivity index (χ3v) is 2.76. The highest BCUT2D eigenvalue weighted by molar-refractivity contribution is 5.92. The number of amides is 1. The maximum absolute atomic E-state index is 12.0. The number of anilines is 1. The molecule has 0 aromatic carbocycles. The molecule has 16 heavy (non-hydrogen) atoms. The Hall–Kier alpha value is -1.62. The van der Waals surface area contributed by atoms with Crippen molar-refractivity contribution in [2.75, 3.05) is 26.0 Å². The van der Waals surface area contributed by atoms with E-state index in [-0.39, 0.29) is 11.9 Å². The molecule has 1 aliphatic heterocycles. The fraction of sp³-hybridized carbons (Fsp3) is 0.455. The van der Waals surface area contributed by atoms with E-state index in [9.17, 15) is 4.79 Å². The van der Waals surface area contributed by atoms with Crippen molar-refractivity contribution in [3.05, 3.63) is 23.9 Å². The smallest absolute Gasteiger partial charge is 0.272 e. The Labute approximate surface area is 94.2 Å². The normalized spacial score (nSPS) is 19.7. The van der Waals surface area contributed by atoms with Crippen LogP contribution < -0.4 is 5.73 Å². The number of nitrogens with two attached hydrogens (primary N) is 1. The molecule has 86 valence electrons. The van der Waals surface area contributed by atoms with Crippen LogP contribution >= 0.6 is 0 Å². The van der Waals surface area contributed by atoms with Crippen molar-refractivity contribution in [1.29, 1.82) is 0 Å². The number of aromatic nitrogens is 1. The molecule has 1 fully saturated rings. The van der Waals surface area contributed by atoms with E-state index in [0.29, 0.717) is 24.7 Å². The van der Waals surface area contributed by atoms with Gasteiger partial charge >= 0.3 is 0 Å². The van der Waals surface area contributed by atoms with Gasteiger partial charge < -0.3 is 15.4 Å². The Morgan fingerprint density at radius 3 is 3.06 bits per heavy atom. The lowest BCUT2D eigenvalue weighted by Crippen LogP contribution is -2.37. The van der Waals surface area contributed by atoms with Crippen LogP contribution in [-0.4, -0.2) is 42.1 Å². The Morgan fingerprint density at radius 2 is 2.44 bits per heavy atom. The number of nitrogen functional groups attached to an aromatic ring is 1. The lowest BCUT2D eigenvalue weighted by molar-refractivity contribution is 0.0705. The minimum atomic E-state index is -0.109. The Bertz CT molecular complexity index is 389. The highest BCUT2D eigenvalue weighted by Crippen LogP contribution is 2.13. The molecule has 2 rings (SSSR count). The fourth-order valence-electron chi connectivity index (χ4n) is 1.74. The standard InChI is InChI=1S/C11H15N3O2/c1-14(8-5-6-16-7-8)11(15)9-3-2-4-10(12)13-9/h2-4,8H,5-7H2,1H3,(H2,12,13). The minimum absolute atomic E-state index is 0.109. The molecule has 1 atom stereocenters. The molecule has 0 radical (unpaired) electrons. The molecule has 1 saturated heterocycles. The van der Waals surface area contributed by atoms with E-state index in [2.05, 4.69) is 4.98 Å². The van der Waals surface area contributed by atoms with Gasteiger partial charge in [0.05, 0.1) is 12.6 Å². The molecule has 1 aliphatic rings. The first kappa shape index (κ1) is 10.9. The molecule has 1 aromatic rings. The van der Waals surface area contributed by atoms with E-state index in [1.165, 1.54) is 0 Å². The third-order valence-electron chi connectivity index (χ3n) is 2.76. The summed E-state index contributed by atoms with van der Waals surface area (Å²) in [6, 6.07) is 5.21. The highest BCUT2D eigenvalue weighted by Gasteiger charge is 2.25. The second-order valence-electron chi connectivity index (χ2n) is 3.88. The first-order valence-corrected chi connectivity index (χ1v) is 5.26. The highest BCUT2D eigenvalue weighted by atomic mass is 16.5. The van der Waals surface area contributed by atoms with Gasteiger partial charge in [-0.1, -0.05) is 6.07 Å². The van der Waals surface area contributed by atoms with Crippen LogP contribution in [0.5, 0.6) is 0 Å². The SMILES string of the molecule is CN(C(=O)c1cccc(N)n1)C1CCOC1. The third kappa shape index (κ3) is 2.14. The number of nitrogens with zero attached hydrogens (tertiary/aromatic N) is 2. The number of hydrogen-bond donors (Lipinski definition) is 1. The molecule has 0 bridgehead atoms. The molecular formula is C11H15N3O2. The zero-order valence-electron chi connectivity index (χ0n) is 9.22. The summed E-state index contributed by atoms with van der Waals surface area (Å²) in [6.07, 6.45) is 0.880. The summed E-state index contributed by atoms with van der Waals surface area (Å²) in [5, 5.41) is 0. The number of carbonyl (C=O) groups excluding carboxylic acids is 1. The van der Waals surface area contributed by atoms with E-state index in [4.69, 9.17) is 10.5 Å². The summed E-state index contributed by atoms with van der Waals surface area (Å²) < 4.78 is 5.25. The summed E-state index contributed by atoms with van der Waals surface area (Å²) in [6.45, 7) is 1.32. The van der Waals surface area contributed by atoms with Gasteiger partial charge in [0.25, 0.3) is 5.91 Å². The van der Waals surface area contributed by atoms with Gasteiger partial charge in [-0.2, -0.15) is 0 Å². The van der Waals surface area contributed by atoms with Crippen molar-refractivity contribution in [1.82, 2.24) is 9.88 Å². The summed E-state index contributed by atoms with van der Waals surface area (Å²) in [5.41, 5.74) is 5.93. The molecule has 1 aromatic heterocycles. The molecule has 0 spiro atoms. The number of likely N-dealkylation sites (N-methyl/N-ethyl adjacent to an activating group) is 1. The van der Waals surface area contributed by atoms with Crippen LogP contribution in [0, 0.1) is 0 Å². The summed E-state index contributed by atoms with van der Waals surface area (Å²) >= 11 is 0. The molecule has 2 N–H and O–H groups in total. The molecule has 0 aliphatic carbocycles. The van der Waals surface area contributed by atoms with Gasteiger partial charge in [0.1, 0.15) is 11.5 Å². The predicted octanol–water partition coefficient (Wildman–Crippen LogP) is 0.525. The Kier molecular flexibility index (Phi) is 3.05. The number of hydrogen-bond acceptors (Lipinski definition) is 4. The first-order valence-electron chi connectivity index (χ1n) is 5.26. The second kappa shape index (κ2) is 4.49. The average Bonchev–Trinajstić information content (AvgIpc) is 2.80. The van der Waals surface area contributed by atoms with E-state index in [1.807, 2.05) is 0 Å². The molecule has 1 unspecified atom stereocenters. The van der Waals surface area contributed by atoms with Crippen molar-refractivity contribution in [2.45, 2.75) is 12.5 Å². The van der Waals surface area contributed by atoms with Gasteiger partial charge in [-0.05, 0) is 18.6 Å². The summed E-state index contributed by atoms with van der Waals surface area (Å²) in [5.74, 6) is 0.254. The largest absolute Gasteiger partial charge is 0.384 e. The second-order valence-corrected chi connectivity index (χ2v) is 3.88. The molecule has 5 nitrogen and oxygen atoms in total. The minimum Gasteiger partial charge on any atom is -0.384 e. The maximum atomic E-state index is 12.0. The van der Waals surface area contributed by atoms with Gasteiger partial charge in [0.15, 0.2) is 0 Å². The van der Waals surface area contributed by atoms with Crippen molar-refractivity contribution in [3.8, 4) is 0 Å². The zero-order valence-corrected chi connectivity index (χ0v) is 9.22. The maximum Gasteiger partial charge on any atom is 0.272 e. The number of pyridine rings is 1. The van der Waals surface area contributed by atoms with Gasteiger partial charge in [-0.25, -0.2) is 4.98 Å². The molecule has 5 heteroatoms. The fourth-order valence-corrected chi connectivity index (χ4v) is 1.74. The van der Waals surface area contributed by atoms with Crippen molar-refractivity contribution >= 4 is 11.7 Å². The van der Waals surface area contributed by atoms with Crippen LogP contribution in [0.25, 0.3) is 0 Å². The van der Waals surface area contributed by atoms with Crippen LogP contribution in [0.4, 0.5) is 5.82 Å². The van der Waals surface area contributed by atoms with Crippen LogP contribution in [0.15, 0.2) is 18.2 Å². The Morgan fingerprint density at radius 1 is 1.62 bits per heavy atom. The molecule has 2 heterocycles. The quantitative estimate of drug-likeness (QED) is 0.790. The Balaban J connectivity index is 2.12. The number of ether oxygens (including phenoxy) is 1. The van der Waals surface area contributed by atoms with Gasteiger partial charge in [0, 0.05) is 13.7 Å². The lowest BCUT2D eigenvalue weighted by atomic mass is 10.2. The van der Waals surface area contributed by atoms with Crippen LogP contribution in [0.3, 0.4) is 0 Å². The molecule has 0 saturated carbocycles. The zero-order chi connectivity index (χ0) is 11.5. The monoisotopic (exact) mass is 221 g/mol. The summed E-state index contributed by atoms with van der Waals surface area (Å²) in [4.78, 5) is 17.7. The summed E-state index contributed by atoms with van der Waals surface area (Å²) in [7, 11) is 1.77. The van der Waals surface area contributed by atoms with E-state index < -0.39 is 0 Å². The van der Waals surface area contributed by atoms with Crippen LogP contribution in [0.2, 0.25) is 0 Å². The average molecular weight is 221 g/mol. The van der Waals surface area contributed by atoms with E-state index >= 15 is 0 Å². The van der Waals surface area contributed by atoms with Gasteiger partial charge in [-0.15, -0.1) is 0 Å². The van der Waals surface area contributed by atoms with Crippen molar-refractivity contribution in [2.24, 2.45) is 0 Å². The number of rotatable bonds is 2. The lowest BCUT2D eigenvalue weighted by Gasteiger charge is -2.22. The van der Waals surface area contributed by atoms with Crippen molar-refractivity contribution < 1.29 is 9.53 Å². The topological polar surface area (TPSA) is 68.5 Å². The first-order chi connectivity index (χ1) is 7.68. The van der Waals surface area contributed by atoms with Crippen LogP contribution in [-0.2, 0) is 4.74 Å². The molecule has 1 amide bonds. The van der Waals surface area contributed by atoms with Crippen LogP contribution in [0.1, 0.15) is 16.9 Å². The van der Waals surface area contributed by atoms with Crippen molar-refractivity contribution in [3.63, 3.8) is 0 Å².